The molecule has 0 saturated carbocycles. The first-order chi connectivity index (χ1) is 10.0. The number of hydrogen-bond donors (Lipinski definition) is 3. The van der Waals surface area contributed by atoms with Crippen LogP contribution in [0.1, 0.15) is 5.56 Å². The van der Waals surface area contributed by atoms with Crippen molar-refractivity contribution in [2.24, 2.45) is 0 Å². The van der Waals surface area contributed by atoms with Gasteiger partial charge < -0.3 is 10.4 Å². The molecule has 0 aliphatic carbocycles. The molecule has 2 aromatic rings. The number of benzene rings is 2. The lowest BCUT2D eigenvalue weighted by atomic mass is 10.2. The van der Waals surface area contributed by atoms with Gasteiger partial charge in [0.1, 0.15) is 0 Å². The summed E-state index contributed by atoms with van der Waals surface area (Å²) < 4.78 is 27.3. The fraction of sp³-hybridized carbons (Fsp3) is 0.200. The van der Waals surface area contributed by atoms with Gasteiger partial charge in [0.25, 0.3) is 10.0 Å². The minimum Gasteiger partial charge on any atom is -0.395 e. The van der Waals surface area contributed by atoms with Crippen molar-refractivity contribution in [3.05, 3.63) is 54.1 Å². The van der Waals surface area contributed by atoms with Gasteiger partial charge in [0, 0.05) is 6.54 Å². The van der Waals surface area contributed by atoms with E-state index >= 15 is 0 Å². The normalized spacial score (nSPS) is 11.1. The van der Waals surface area contributed by atoms with Crippen LogP contribution in [0.4, 0.5) is 11.4 Å². The summed E-state index contributed by atoms with van der Waals surface area (Å²) in [5.41, 5.74) is 2.08. The van der Waals surface area contributed by atoms with Crippen molar-refractivity contribution >= 4 is 21.4 Å². The van der Waals surface area contributed by atoms with E-state index in [2.05, 4.69) is 10.0 Å². The van der Waals surface area contributed by atoms with E-state index in [0.29, 0.717) is 17.9 Å². The first-order valence-corrected chi connectivity index (χ1v) is 8.04. The van der Waals surface area contributed by atoms with E-state index in [0.717, 1.165) is 5.56 Å². The summed E-state index contributed by atoms with van der Waals surface area (Å²) >= 11 is 0. The van der Waals surface area contributed by atoms with Crippen molar-refractivity contribution in [2.75, 3.05) is 23.2 Å². The van der Waals surface area contributed by atoms with E-state index in [1.54, 1.807) is 48.5 Å². The van der Waals surface area contributed by atoms with E-state index in [9.17, 15) is 8.42 Å². The number of aliphatic hydroxyl groups is 1. The molecule has 2 aromatic carbocycles. The SMILES string of the molecule is Cc1ccc(S(=O)(=O)Nc2ccccc2NCCO)cc1. The van der Waals surface area contributed by atoms with Crippen molar-refractivity contribution in [2.45, 2.75) is 11.8 Å². The molecular formula is C15H18N2O3S. The molecule has 21 heavy (non-hydrogen) atoms. The van der Waals surface area contributed by atoms with Gasteiger partial charge in [0.15, 0.2) is 0 Å². The number of aryl methyl sites for hydroxylation is 1. The van der Waals surface area contributed by atoms with Crippen molar-refractivity contribution < 1.29 is 13.5 Å². The van der Waals surface area contributed by atoms with Crippen LogP contribution in [0.3, 0.4) is 0 Å². The first-order valence-electron chi connectivity index (χ1n) is 6.56. The van der Waals surface area contributed by atoms with Gasteiger partial charge in [-0.15, -0.1) is 0 Å². The predicted molar refractivity (Wildman–Crippen MR) is 84.0 cm³/mol. The van der Waals surface area contributed by atoms with Crippen LogP contribution in [0.2, 0.25) is 0 Å². The van der Waals surface area contributed by atoms with Crippen molar-refractivity contribution in [3.63, 3.8) is 0 Å². The topological polar surface area (TPSA) is 78.4 Å². The highest BCUT2D eigenvalue weighted by Crippen LogP contribution is 2.24. The fourth-order valence-corrected chi connectivity index (χ4v) is 2.92. The molecule has 0 amide bonds. The van der Waals surface area contributed by atoms with Gasteiger partial charge in [-0.1, -0.05) is 29.8 Å². The molecule has 0 aromatic heterocycles. The highest BCUT2D eigenvalue weighted by Gasteiger charge is 2.15. The monoisotopic (exact) mass is 306 g/mol. The van der Waals surface area contributed by atoms with E-state index < -0.39 is 10.0 Å². The number of para-hydroxylation sites is 2. The largest absolute Gasteiger partial charge is 0.395 e. The second kappa shape index (κ2) is 6.60. The molecule has 5 nitrogen and oxygen atoms in total. The minimum absolute atomic E-state index is 0.0287. The van der Waals surface area contributed by atoms with Crippen LogP contribution in [-0.4, -0.2) is 26.7 Å². The Morgan fingerprint density at radius 2 is 1.62 bits per heavy atom. The summed E-state index contributed by atoms with van der Waals surface area (Å²) in [5, 5.41) is 11.8. The maximum Gasteiger partial charge on any atom is 0.261 e. The average Bonchev–Trinajstić information content (AvgIpc) is 2.46. The third-order valence-corrected chi connectivity index (χ3v) is 4.31. The van der Waals surface area contributed by atoms with E-state index in [4.69, 9.17) is 5.11 Å². The molecule has 0 radical (unpaired) electrons. The first kappa shape index (κ1) is 15.3. The maximum atomic E-state index is 12.4. The molecule has 2 rings (SSSR count). The second-order valence-corrected chi connectivity index (χ2v) is 6.30. The molecular weight excluding hydrogens is 288 g/mol. The van der Waals surface area contributed by atoms with Gasteiger partial charge in [-0.2, -0.15) is 0 Å². The van der Waals surface area contributed by atoms with E-state index in [1.807, 2.05) is 6.92 Å². The van der Waals surface area contributed by atoms with Gasteiger partial charge in [-0.05, 0) is 31.2 Å². The molecule has 3 N–H and O–H groups in total. The number of anilines is 2. The lowest BCUT2D eigenvalue weighted by Gasteiger charge is -2.13. The summed E-state index contributed by atoms with van der Waals surface area (Å²) in [6, 6.07) is 13.6. The van der Waals surface area contributed by atoms with Crippen LogP contribution < -0.4 is 10.0 Å². The van der Waals surface area contributed by atoms with Crippen LogP contribution in [0.15, 0.2) is 53.4 Å². The highest BCUT2D eigenvalue weighted by molar-refractivity contribution is 7.92. The van der Waals surface area contributed by atoms with Crippen molar-refractivity contribution in [1.29, 1.82) is 0 Å². The molecule has 0 saturated heterocycles. The molecule has 0 bridgehead atoms. The Balaban J connectivity index is 2.26. The van der Waals surface area contributed by atoms with Gasteiger partial charge >= 0.3 is 0 Å². The Morgan fingerprint density at radius 1 is 1.00 bits per heavy atom. The summed E-state index contributed by atoms with van der Waals surface area (Å²) in [6.07, 6.45) is 0. The minimum atomic E-state index is -3.63. The van der Waals surface area contributed by atoms with Crippen LogP contribution in [0, 0.1) is 6.92 Å². The van der Waals surface area contributed by atoms with Crippen LogP contribution >= 0.6 is 0 Å². The highest BCUT2D eigenvalue weighted by atomic mass is 32.2. The fourth-order valence-electron chi connectivity index (χ4n) is 1.84. The zero-order valence-corrected chi connectivity index (χ0v) is 12.5. The summed E-state index contributed by atoms with van der Waals surface area (Å²) in [4.78, 5) is 0.213. The molecule has 0 aliphatic rings. The number of sulfonamides is 1. The Labute approximate surface area is 124 Å². The third kappa shape index (κ3) is 3.96. The molecule has 0 aliphatic heterocycles. The van der Waals surface area contributed by atoms with E-state index in [-0.39, 0.29) is 11.5 Å². The predicted octanol–water partition coefficient (Wildman–Crippen LogP) is 2.20. The number of aliphatic hydroxyl groups excluding tert-OH is 1. The lowest BCUT2D eigenvalue weighted by molar-refractivity contribution is 0.311. The van der Waals surface area contributed by atoms with Gasteiger partial charge in [0.2, 0.25) is 0 Å². The van der Waals surface area contributed by atoms with Crippen LogP contribution in [-0.2, 0) is 10.0 Å². The molecule has 0 atom stereocenters. The second-order valence-electron chi connectivity index (χ2n) is 4.61. The Kier molecular flexibility index (Phi) is 4.82. The average molecular weight is 306 g/mol. The third-order valence-electron chi connectivity index (χ3n) is 2.93. The van der Waals surface area contributed by atoms with Crippen LogP contribution in [0.25, 0.3) is 0 Å². The quantitative estimate of drug-likeness (QED) is 0.764. The zero-order chi connectivity index (χ0) is 15.3. The van der Waals surface area contributed by atoms with Crippen molar-refractivity contribution in [1.82, 2.24) is 0 Å². The summed E-state index contributed by atoms with van der Waals surface area (Å²) in [6.45, 7) is 2.22. The lowest BCUT2D eigenvalue weighted by Crippen LogP contribution is -2.15. The molecule has 6 heteroatoms. The summed E-state index contributed by atoms with van der Waals surface area (Å²) in [5.74, 6) is 0. The standard InChI is InChI=1S/C15H18N2O3S/c1-12-6-8-13(9-7-12)21(19,20)17-15-5-3-2-4-14(15)16-10-11-18/h2-9,16-18H,10-11H2,1H3. The molecule has 0 spiro atoms. The summed E-state index contributed by atoms with van der Waals surface area (Å²) in [7, 11) is -3.63. The molecule has 0 unspecified atom stereocenters. The van der Waals surface area contributed by atoms with Gasteiger partial charge in [0.05, 0.1) is 22.9 Å². The van der Waals surface area contributed by atoms with Crippen LogP contribution in [0.5, 0.6) is 0 Å². The van der Waals surface area contributed by atoms with Gasteiger partial charge in [-0.25, -0.2) is 8.42 Å². The molecule has 0 fully saturated rings. The zero-order valence-electron chi connectivity index (χ0n) is 11.7. The van der Waals surface area contributed by atoms with Gasteiger partial charge in [-0.3, -0.25) is 4.72 Å². The number of hydrogen-bond acceptors (Lipinski definition) is 4. The molecule has 0 heterocycles. The Morgan fingerprint density at radius 3 is 2.24 bits per heavy atom. The molecule has 112 valence electrons. The maximum absolute atomic E-state index is 12.4. The Hall–Kier alpha value is -2.05. The number of rotatable bonds is 6. The number of nitrogens with one attached hydrogen (secondary N) is 2. The van der Waals surface area contributed by atoms with Crippen molar-refractivity contribution in [3.8, 4) is 0 Å². The van der Waals surface area contributed by atoms with E-state index in [1.165, 1.54) is 0 Å². The smallest absolute Gasteiger partial charge is 0.261 e. The Bertz CT molecular complexity index is 697.